The van der Waals surface area contributed by atoms with E-state index in [0.717, 1.165) is 51.6 Å². The van der Waals surface area contributed by atoms with Crippen LogP contribution in [0.3, 0.4) is 0 Å². The maximum atomic E-state index is 12.7. The van der Waals surface area contributed by atoms with Crippen molar-refractivity contribution in [3.63, 3.8) is 0 Å². The summed E-state index contributed by atoms with van der Waals surface area (Å²) in [4.78, 5) is 27.5. The van der Waals surface area contributed by atoms with Gasteiger partial charge in [-0.3, -0.25) is 14.5 Å². The van der Waals surface area contributed by atoms with Gasteiger partial charge in [-0.25, -0.2) is 0 Å². The molecule has 4 rings (SSSR count). The van der Waals surface area contributed by atoms with E-state index in [1.54, 1.807) is 12.1 Å². The zero-order valence-corrected chi connectivity index (χ0v) is 16.9. The standard InChI is InChI=1S/C22H31N3O4/c26-20(15-25-11-5-6-16(14-25)22-28-12-13-29-22)24-19-10-4-3-9-18(19)21(27)23-17-7-1-2-8-17/h3-4,9-10,16-17,22H,1-2,5-8,11-15H2,(H,23,27)(H,24,26)/t16-/m0/s1. The molecule has 29 heavy (non-hydrogen) atoms. The van der Waals surface area contributed by atoms with E-state index in [1.165, 1.54) is 0 Å². The molecule has 0 aromatic heterocycles. The van der Waals surface area contributed by atoms with Gasteiger partial charge in [-0.2, -0.15) is 0 Å². The summed E-state index contributed by atoms with van der Waals surface area (Å²) >= 11 is 0. The van der Waals surface area contributed by atoms with Gasteiger partial charge in [0.2, 0.25) is 5.91 Å². The minimum Gasteiger partial charge on any atom is -0.350 e. The lowest BCUT2D eigenvalue weighted by Crippen LogP contribution is -2.44. The Labute approximate surface area is 172 Å². The van der Waals surface area contributed by atoms with Crippen molar-refractivity contribution in [1.29, 1.82) is 0 Å². The van der Waals surface area contributed by atoms with E-state index in [2.05, 4.69) is 15.5 Å². The van der Waals surface area contributed by atoms with E-state index in [4.69, 9.17) is 9.47 Å². The van der Waals surface area contributed by atoms with Crippen LogP contribution in [0.15, 0.2) is 24.3 Å². The Balaban J connectivity index is 1.32. The Morgan fingerprint density at radius 1 is 1.03 bits per heavy atom. The molecule has 1 aliphatic carbocycles. The van der Waals surface area contributed by atoms with E-state index in [1.807, 2.05) is 12.1 Å². The molecule has 2 amide bonds. The minimum absolute atomic E-state index is 0.0972. The highest BCUT2D eigenvalue weighted by atomic mass is 16.7. The average molecular weight is 402 g/mol. The summed E-state index contributed by atoms with van der Waals surface area (Å²) < 4.78 is 11.3. The fraction of sp³-hybridized carbons (Fsp3) is 0.636. The highest BCUT2D eigenvalue weighted by molar-refractivity contribution is 6.04. The maximum Gasteiger partial charge on any atom is 0.253 e. The van der Waals surface area contributed by atoms with Gasteiger partial charge in [0.1, 0.15) is 0 Å². The van der Waals surface area contributed by atoms with Crippen molar-refractivity contribution >= 4 is 17.5 Å². The lowest BCUT2D eigenvalue weighted by Gasteiger charge is -2.34. The van der Waals surface area contributed by atoms with Gasteiger partial charge in [-0.15, -0.1) is 0 Å². The van der Waals surface area contributed by atoms with E-state index in [0.29, 0.717) is 36.9 Å². The van der Waals surface area contributed by atoms with Gasteiger partial charge < -0.3 is 20.1 Å². The number of piperidine rings is 1. The quantitative estimate of drug-likeness (QED) is 0.765. The van der Waals surface area contributed by atoms with Crippen molar-refractivity contribution in [2.24, 2.45) is 5.92 Å². The molecule has 3 aliphatic rings. The molecule has 0 bridgehead atoms. The Kier molecular flexibility index (Phi) is 6.79. The van der Waals surface area contributed by atoms with Crippen LogP contribution in [0.25, 0.3) is 0 Å². The van der Waals surface area contributed by atoms with Gasteiger partial charge >= 0.3 is 0 Å². The molecule has 1 atom stereocenters. The van der Waals surface area contributed by atoms with Crippen LogP contribution in [0.1, 0.15) is 48.9 Å². The number of likely N-dealkylation sites (tertiary alicyclic amines) is 1. The predicted molar refractivity (Wildman–Crippen MR) is 110 cm³/mol. The first-order chi connectivity index (χ1) is 14.2. The summed E-state index contributed by atoms with van der Waals surface area (Å²) in [6.07, 6.45) is 6.35. The summed E-state index contributed by atoms with van der Waals surface area (Å²) in [5, 5.41) is 6.04. The van der Waals surface area contributed by atoms with Crippen LogP contribution in [0.2, 0.25) is 0 Å². The lowest BCUT2D eigenvalue weighted by atomic mass is 9.97. The molecule has 0 spiro atoms. The van der Waals surface area contributed by atoms with E-state index >= 15 is 0 Å². The molecule has 1 aromatic carbocycles. The van der Waals surface area contributed by atoms with Crippen molar-refractivity contribution in [3.05, 3.63) is 29.8 Å². The number of amides is 2. The molecule has 2 heterocycles. The summed E-state index contributed by atoms with van der Waals surface area (Å²) in [6.45, 7) is 3.30. The molecule has 7 heteroatoms. The zero-order valence-electron chi connectivity index (χ0n) is 16.9. The summed E-state index contributed by atoms with van der Waals surface area (Å²) in [5.41, 5.74) is 1.10. The fourth-order valence-corrected chi connectivity index (χ4v) is 4.62. The highest BCUT2D eigenvalue weighted by Gasteiger charge is 2.31. The van der Waals surface area contributed by atoms with Crippen LogP contribution in [-0.4, -0.2) is 61.9 Å². The third-order valence-electron chi connectivity index (χ3n) is 6.08. The van der Waals surface area contributed by atoms with Gasteiger partial charge in [0.15, 0.2) is 6.29 Å². The Morgan fingerprint density at radius 2 is 1.79 bits per heavy atom. The molecule has 1 aromatic rings. The summed E-state index contributed by atoms with van der Waals surface area (Å²) in [5.74, 6) is 0.102. The molecule has 2 saturated heterocycles. The number of anilines is 1. The van der Waals surface area contributed by atoms with Gasteiger partial charge in [0.05, 0.1) is 31.0 Å². The molecular weight excluding hydrogens is 370 g/mol. The number of nitrogens with one attached hydrogen (secondary N) is 2. The van der Waals surface area contributed by atoms with Crippen molar-refractivity contribution < 1.29 is 19.1 Å². The molecule has 158 valence electrons. The number of carbonyl (C=O) groups excluding carboxylic acids is 2. The molecular formula is C22H31N3O4. The first kappa shape index (κ1) is 20.3. The monoisotopic (exact) mass is 401 g/mol. The number of rotatable bonds is 6. The lowest BCUT2D eigenvalue weighted by molar-refractivity contribution is -0.121. The molecule has 1 saturated carbocycles. The predicted octanol–water partition coefficient (Wildman–Crippen LogP) is 2.38. The van der Waals surface area contributed by atoms with Gasteiger partial charge in [-0.1, -0.05) is 25.0 Å². The number of benzene rings is 1. The highest BCUT2D eigenvalue weighted by Crippen LogP contribution is 2.25. The molecule has 2 aliphatic heterocycles. The smallest absolute Gasteiger partial charge is 0.253 e. The van der Waals surface area contributed by atoms with Crippen molar-refractivity contribution in [1.82, 2.24) is 10.2 Å². The van der Waals surface area contributed by atoms with Crippen molar-refractivity contribution in [2.45, 2.75) is 50.9 Å². The van der Waals surface area contributed by atoms with E-state index in [9.17, 15) is 9.59 Å². The van der Waals surface area contributed by atoms with E-state index in [-0.39, 0.29) is 24.1 Å². The Morgan fingerprint density at radius 3 is 2.59 bits per heavy atom. The minimum atomic E-state index is -0.138. The Bertz CT molecular complexity index is 714. The van der Waals surface area contributed by atoms with Crippen molar-refractivity contribution in [3.8, 4) is 0 Å². The molecule has 0 unspecified atom stereocenters. The number of ether oxygens (including phenoxy) is 2. The number of hydrogen-bond acceptors (Lipinski definition) is 5. The fourth-order valence-electron chi connectivity index (χ4n) is 4.62. The number of nitrogens with zero attached hydrogens (tertiary/aromatic N) is 1. The molecule has 7 nitrogen and oxygen atoms in total. The van der Waals surface area contributed by atoms with Gasteiger partial charge in [0, 0.05) is 18.5 Å². The van der Waals surface area contributed by atoms with Gasteiger partial charge in [0.25, 0.3) is 5.91 Å². The second kappa shape index (κ2) is 9.69. The average Bonchev–Trinajstić information content (AvgIpc) is 3.43. The largest absolute Gasteiger partial charge is 0.350 e. The van der Waals surface area contributed by atoms with Crippen LogP contribution >= 0.6 is 0 Å². The second-order valence-corrected chi connectivity index (χ2v) is 8.30. The zero-order chi connectivity index (χ0) is 20.1. The molecule has 0 radical (unpaired) electrons. The Hall–Kier alpha value is -1.96. The number of para-hydroxylation sites is 1. The maximum absolute atomic E-state index is 12.7. The van der Waals surface area contributed by atoms with Crippen LogP contribution in [-0.2, 0) is 14.3 Å². The summed E-state index contributed by atoms with van der Waals surface area (Å²) in [7, 11) is 0. The third-order valence-corrected chi connectivity index (χ3v) is 6.08. The first-order valence-corrected chi connectivity index (χ1v) is 10.8. The SMILES string of the molecule is O=C(CN1CCC[C@H](C2OCCO2)C1)Nc1ccccc1C(=O)NC1CCCC1. The topological polar surface area (TPSA) is 79.9 Å². The third kappa shape index (κ3) is 5.35. The van der Waals surface area contributed by atoms with Crippen molar-refractivity contribution in [2.75, 3.05) is 38.2 Å². The van der Waals surface area contributed by atoms with Crippen LogP contribution in [0, 0.1) is 5.92 Å². The van der Waals surface area contributed by atoms with Crippen LogP contribution in [0.5, 0.6) is 0 Å². The molecule has 2 N–H and O–H groups in total. The molecule has 3 fully saturated rings. The normalized spacial score (nSPS) is 23.9. The van der Waals surface area contributed by atoms with Crippen LogP contribution < -0.4 is 10.6 Å². The van der Waals surface area contributed by atoms with Gasteiger partial charge in [-0.05, 0) is 44.4 Å². The second-order valence-electron chi connectivity index (χ2n) is 8.30. The number of hydrogen-bond donors (Lipinski definition) is 2. The summed E-state index contributed by atoms with van der Waals surface area (Å²) in [6, 6.07) is 7.48. The van der Waals surface area contributed by atoms with E-state index < -0.39 is 0 Å². The number of carbonyl (C=O) groups is 2. The van der Waals surface area contributed by atoms with Crippen LogP contribution in [0.4, 0.5) is 5.69 Å². The first-order valence-electron chi connectivity index (χ1n) is 10.8.